The maximum Gasteiger partial charge on any atom is 0.420 e. The Balaban J connectivity index is 1.87. The zero-order valence-corrected chi connectivity index (χ0v) is 18.5. The van der Waals surface area contributed by atoms with Gasteiger partial charge in [0.25, 0.3) is 5.91 Å². The number of benzene rings is 2. The molecule has 11 heteroatoms. The second kappa shape index (κ2) is 9.97. The van der Waals surface area contributed by atoms with Crippen LogP contribution >= 0.6 is 11.8 Å². The minimum atomic E-state index is -4.71. The van der Waals surface area contributed by atoms with Crippen molar-refractivity contribution in [3.63, 3.8) is 0 Å². The third kappa shape index (κ3) is 5.66. The summed E-state index contributed by atoms with van der Waals surface area (Å²) in [6.45, 7) is 0.957. The Morgan fingerprint density at radius 1 is 1.21 bits per heavy atom. The van der Waals surface area contributed by atoms with E-state index in [1.54, 1.807) is 30.2 Å². The molecule has 0 aliphatic carbocycles. The number of amides is 1. The Labute approximate surface area is 192 Å². The highest BCUT2D eigenvalue weighted by Crippen LogP contribution is 2.41. The van der Waals surface area contributed by atoms with E-state index < -0.39 is 23.4 Å². The lowest BCUT2D eigenvalue weighted by Crippen LogP contribution is -2.28. The van der Waals surface area contributed by atoms with Crippen LogP contribution in [0, 0.1) is 11.3 Å². The number of hydrogen-bond acceptors (Lipinski definition) is 7. The molecule has 0 spiro atoms. The van der Waals surface area contributed by atoms with E-state index in [4.69, 9.17) is 20.5 Å². The van der Waals surface area contributed by atoms with Gasteiger partial charge in [0, 0.05) is 20.1 Å². The number of hydrogen-bond donors (Lipinski definition) is 1. The zero-order chi connectivity index (χ0) is 24.2. The molecular weight excluding hydrogens is 457 g/mol. The van der Waals surface area contributed by atoms with Crippen LogP contribution in [0.25, 0.3) is 6.08 Å². The fourth-order valence-electron chi connectivity index (χ4n) is 2.89. The molecule has 2 aromatic carbocycles. The number of carbonyl (C=O) groups is 1. The molecule has 7 nitrogen and oxygen atoms in total. The van der Waals surface area contributed by atoms with Crippen molar-refractivity contribution in [2.24, 2.45) is 10.7 Å². The quantitative estimate of drug-likeness (QED) is 0.623. The standard InChI is InChI=1S/C22H19F3N4O3S/c1-29(8-7-26)21-28-20(30)19(33-21)11-13-3-6-17(18(10-13)31-2)32-16-5-4-14(12-27)9-15(16)22(23,24)25/h3-6,9-11H,7-8,26H2,1-2H3/b19-11+. The normalized spacial score (nSPS) is 14.8. The molecule has 0 radical (unpaired) electrons. The second-order valence-corrected chi connectivity index (χ2v) is 7.86. The van der Waals surface area contributed by atoms with Gasteiger partial charge in [0.2, 0.25) is 0 Å². The highest BCUT2D eigenvalue weighted by Gasteiger charge is 2.35. The highest BCUT2D eigenvalue weighted by atomic mass is 32.2. The molecule has 33 heavy (non-hydrogen) atoms. The van der Waals surface area contributed by atoms with Crippen LogP contribution in [0.15, 0.2) is 46.3 Å². The minimum Gasteiger partial charge on any atom is -0.493 e. The monoisotopic (exact) mass is 476 g/mol. The molecule has 0 saturated carbocycles. The summed E-state index contributed by atoms with van der Waals surface area (Å²) in [5.41, 5.74) is 4.89. The van der Waals surface area contributed by atoms with E-state index in [9.17, 15) is 18.0 Å². The van der Waals surface area contributed by atoms with E-state index in [1.165, 1.54) is 37.1 Å². The minimum absolute atomic E-state index is 0.0416. The van der Waals surface area contributed by atoms with E-state index in [1.807, 2.05) is 0 Å². The lowest BCUT2D eigenvalue weighted by atomic mass is 10.1. The molecule has 1 amide bonds. The maximum atomic E-state index is 13.4. The first-order chi connectivity index (χ1) is 15.7. The molecule has 0 aromatic heterocycles. The first-order valence-electron chi connectivity index (χ1n) is 9.57. The summed E-state index contributed by atoms with van der Waals surface area (Å²) in [5, 5.41) is 9.44. The average molecular weight is 476 g/mol. The number of likely N-dealkylation sites (N-methyl/N-ethyl adjacent to an activating group) is 1. The average Bonchev–Trinajstić information content (AvgIpc) is 3.14. The Bertz CT molecular complexity index is 1170. The van der Waals surface area contributed by atoms with Crippen molar-refractivity contribution >= 4 is 28.9 Å². The van der Waals surface area contributed by atoms with Gasteiger partial charge in [-0.05, 0) is 53.7 Å². The van der Waals surface area contributed by atoms with E-state index in [-0.39, 0.29) is 17.1 Å². The van der Waals surface area contributed by atoms with Gasteiger partial charge in [0.15, 0.2) is 16.7 Å². The molecule has 0 unspecified atom stereocenters. The summed E-state index contributed by atoms with van der Waals surface area (Å²) in [4.78, 5) is 18.4. The Morgan fingerprint density at radius 2 is 1.94 bits per heavy atom. The molecule has 1 aliphatic heterocycles. The molecule has 2 N–H and O–H groups in total. The number of thioether (sulfide) groups is 1. The Hall–Kier alpha value is -3.49. The van der Waals surface area contributed by atoms with E-state index in [0.717, 1.165) is 12.1 Å². The van der Waals surface area contributed by atoms with Crippen LogP contribution in [0.5, 0.6) is 17.2 Å². The van der Waals surface area contributed by atoms with Gasteiger partial charge in [0.05, 0.1) is 29.2 Å². The first kappa shape index (κ1) is 24.2. The molecule has 0 fully saturated rings. The third-order valence-corrected chi connectivity index (χ3v) is 5.62. The predicted molar refractivity (Wildman–Crippen MR) is 119 cm³/mol. The highest BCUT2D eigenvalue weighted by molar-refractivity contribution is 8.18. The number of methoxy groups -OCH3 is 1. The van der Waals surface area contributed by atoms with Crippen molar-refractivity contribution < 1.29 is 27.4 Å². The SMILES string of the molecule is COc1cc(/C=C2/SC(N(C)CCN)=NC2=O)ccc1Oc1ccc(C#N)cc1C(F)(F)F. The van der Waals surface area contributed by atoms with Crippen molar-refractivity contribution in [3.8, 4) is 23.3 Å². The number of ether oxygens (including phenoxy) is 2. The van der Waals surface area contributed by atoms with Crippen LogP contribution in [0.3, 0.4) is 0 Å². The largest absolute Gasteiger partial charge is 0.493 e. The summed E-state index contributed by atoms with van der Waals surface area (Å²) in [5.74, 6) is -0.655. The predicted octanol–water partition coefficient (Wildman–Crippen LogP) is 4.24. The number of nitriles is 1. The van der Waals surface area contributed by atoms with Gasteiger partial charge in [0.1, 0.15) is 5.75 Å². The summed E-state index contributed by atoms with van der Waals surface area (Å²) >= 11 is 1.20. The van der Waals surface area contributed by atoms with Crippen LogP contribution in [0.1, 0.15) is 16.7 Å². The van der Waals surface area contributed by atoms with Crippen molar-refractivity contribution in [1.82, 2.24) is 4.90 Å². The van der Waals surface area contributed by atoms with Crippen LogP contribution in [-0.4, -0.2) is 43.2 Å². The van der Waals surface area contributed by atoms with Crippen LogP contribution in [-0.2, 0) is 11.0 Å². The Kier molecular flexibility index (Phi) is 7.30. The number of aliphatic imine (C=N–C) groups is 1. The molecule has 0 atom stereocenters. The smallest absolute Gasteiger partial charge is 0.420 e. The molecule has 0 bridgehead atoms. The van der Waals surface area contributed by atoms with Crippen LogP contribution in [0.2, 0.25) is 0 Å². The fourth-order valence-corrected chi connectivity index (χ4v) is 3.79. The third-order valence-electron chi connectivity index (χ3n) is 4.52. The summed E-state index contributed by atoms with van der Waals surface area (Å²) < 4.78 is 51.1. The molecular formula is C22H19F3N4O3S. The van der Waals surface area contributed by atoms with Crippen molar-refractivity contribution in [1.29, 1.82) is 5.26 Å². The van der Waals surface area contributed by atoms with Gasteiger partial charge in [-0.3, -0.25) is 4.79 Å². The molecule has 2 aromatic rings. The summed E-state index contributed by atoms with van der Waals surface area (Å²) in [6.07, 6.45) is -3.11. The van der Waals surface area contributed by atoms with Gasteiger partial charge in [-0.1, -0.05) is 6.07 Å². The van der Waals surface area contributed by atoms with Crippen molar-refractivity contribution in [3.05, 3.63) is 58.0 Å². The zero-order valence-electron chi connectivity index (χ0n) is 17.6. The molecule has 0 saturated heterocycles. The van der Waals surface area contributed by atoms with Gasteiger partial charge >= 0.3 is 6.18 Å². The summed E-state index contributed by atoms with van der Waals surface area (Å²) in [7, 11) is 3.13. The number of nitrogens with two attached hydrogens (primary N) is 1. The number of halogens is 3. The maximum absolute atomic E-state index is 13.4. The van der Waals surface area contributed by atoms with Crippen LogP contribution in [0.4, 0.5) is 13.2 Å². The van der Waals surface area contributed by atoms with Crippen molar-refractivity contribution in [2.45, 2.75) is 6.18 Å². The number of alkyl halides is 3. The molecule has 3 rings (SSSR count). The van der Waals surface area contributed by atoms with E-state index in [2.05, 4.69) is 4.99 Å². The van der Waals surface area contributed by atoms with Crippen LogP contribution < -0.4 is 15.2 Å². The van der Waals surface area contributed by atoms with Gasteiger partial charge in [-0.25, -0.2) is 0 Å². The van der Waals surface area contributed by atoms with Crippen molar-refractivity contribution in [2.75, 3.05) is 27.2 Å². The van der Waals surface area contributed by atoms with Gasteiger partial charge < -0.3 is 20.1 Å². The number of amidine groups is 1. The first-order valence-corrected chi connectivity index (χ1v) is 10.4. The second-order valence-electron chi connectivity index (χ2n) is 6.85. The molecule has 172 valence electrons. The fraction of sp³-hybridized carbons (Fsp3) is 0.227. The van der Waals surface area contributed by atoms with E-state index >= 15 is 0 Å². The molecule has 1 aliphatic rings. The van der Waals surface area contributed by atoms with E-state index in [0.29, 0.717) is 28.7 Å². The number of carbonyl (C=O) groups excluding carboxylic acids is 1. The topological polar surface area (TPSA) is 101 Å². The lowest BCUT2D eigenvalue weighted by molar-refractivity contribution is -0.138. The Morgan fingerprint density at radius 3 is 2.58 bits per heavy atom. The lowest BCUT2D eigenvalue weighted by Gasteiger charge is -2.16. The molecule has 1 heterocycles. The van der Waals surface area contributed by atoms with Gasteiger partial charge in [-0.2, -0.15) is 23.4 Å². The number of rotatable bonds is 6. The summed E-state index contributed by atoms with van der Waals surface area (Å²) in [6, 6.07) is 9.28. The number of nitrogens with zero attached hydrogens (tertiary/aromatic N) is 3. The van der Waals surface area contributed by atoms with Gasteiger partial charge in [-0.15, -0.1) is 0 Å².